The third-order valence-corrected chi connectivity index (χ3v) is 5.34. The third kappa shape index (κ3) is 3.21. The minimum absolute atomic E-state index is 0.0563. The molecule has 130 valence electrons. The Balaban J connectivity index is 1.49. The highest BCUT2D eigenvalue weighted by Gasteiger charge is 2.35. The number of hydrogen-bond acceptors (Lipinski definition) is 3. The summed E-state index contributed by atoms with van der Waals surface area (Å²) in [5.41, 5.74) is 2.01. The molecule has 0 spiro atoms. The molecule has 1 fully saturated rings. The molecule has 1 aliphatic carbocycles. The second-order valence-corrected chi connectivity index (χ2v) is 6.89. The molecule has 1 amide bonds. The first-order valence-corrected chi connectivity index (χ1v) is 9.00. The van der Waals surface area contributed by atoms with Gasteiger partial charge in [-0.2, -0.15) is 0 Å². The Kier molecular flexibility index (Phi) is 4.35. The van der Waals surface area contributed by atoms with Crippen molar-refractivity contribution in [3.05, 3.63) is 59.7 Å². The van der Waals surface area contributed by atoms with Crippen LogP contribution in [0.1, 0.15) is 41.6 Å². The van der Waals surface area contributed by atoms with E-state index in [4.69, 9.17) is 9.47 Å². The first-order chi connectivity index (χ1) is 12.3. The van der Waals surface area contributed by atoms with E-state index >= 15 is 0 Å². The van der Waals surface area contributed by atoms with Crippen molar-refractivity contribution in [3.63, 3.8) is 0 Å². The van der Waals surface area contributed by atoms with Crippen LogP contribution in [0.2, 0.25) is 0 Å². The third-order valence-electron chi connectivity index (χ3n) is 5.34. The average Bonchev–Trinajstić information content (AvgIpc) is 3.17. The molecular weight excluding hydrogens is 314 g/mol. The lowest BCUT2D eigenvalue weighted by Gasteiger charge is -2.30. The van der Waals surface area contributed by atoms with E-state index < -0.39 is 0 Å². The van der Waals surface area contributed by atoms with Gasteiger partial charge in [-0.3, -0.25) is 4.79 Å². The van der Waals surface area contributed by atoms with Gasteiger partial charge in [0.25, 0.3) is 5.91 Å². The normalized spacial score (nSPS) is 17.9. The summed E-state index contributed by atoms with van der Waals surface area (Å²) in [5, 5.41) is 3.15. The van der Waals surface area contributed by atoms with Crippen molar-refractivity contribution in [3.8, 4) is 11.5 Å². The molecule has 1 heterocycles. The summed E-state index contributed by atoms with van der Waals surface area (Å²) in [6, 6.07) is 15.9. The molecule has 1 saturated carbocycles. The quantitative estimate of drug-likeness (QED) is 0.925. The minimum atomic E-state index is -0.0563. The van der Waals surface area contributed by atoms with Crippen LogP contribution < -0.4 is 14.8 Å². The zero-order valence-electron chi connectivity index (χ0n) is 14.3. The molecule has 4 rings (SSSR count). The number of hydrogen-bond donors (Lipinski definition) is 1. The molecule has 0 saturated heterocycles. The van der Waals surface area contributed by atoms with Gasteiger partial charge in [0.05, 0.1) is 0 Å². The molecule has 0 radical (unpaired) electrons. The van der Waals surface area contributed by atoms with Gasteiger partial charge in [0.1, 0.15) is 13.2 Å². The number of nitrogens with one attached hydrogen (secondary N) is 1. The van der Waals surface area contributed by atoms with E-state index in [-0.39, 0.29) is 11.3 Å². The zero-order chi connectivity index (χ0) is 17.1. The van der Waals surface area contributed by atoms with Crippen LogP contribution in [-0.2, 0) is 5.41 Å². The summed E-state index contributed by atoms with van der Waals surface area (Å²) in [6.45, 7) is 1.75. The molecule has 2 aliphatic rings. The summed E-state index contributed by atoms with van der Waals surface area (Å²) < 4.78 is 11.1. The molecule has 0 atom stereocenters. The summed E-state index contributed by atoms with van der Waals surface area (Å²) in [5.74, 6) is 1.30. The first kappa shape index (κ1) is 16.0. The van der Waals surface area contributed by atoms with Crippen molar-refractivity contribution in [2.24, 2.45) is 0 Å². The monoisotopic (exact) mass is 337 g/mol. The number of rotatable bonds is 4. The molecule has 4 heteroatoms. The lowest BCUT2D eigenvalue weighted by atomic mass is 9.79. The van der Waals surface area contributed by atoms with Crippen LogP contribution in [0.5, 0.6) is 11.5 Å². The van der Waals surface area contributed by atoms with Crippen LogP contribution in [0, 0.1) is 0 Å². The Morgan fingerprint density at radius 3 is 2.44 bits per heavy atom. The van der Waals surface area contributed by atoms with Crippen molar-refractivity contribution >= 4 is 5.91 Å². The fourth-order valence-corrected chi connectivity index (χ4v) is 3.95. The van der Waals surface area contributed by atoms with Crippen LogP contribution in [0.15, 0.2) is 48.5 Å². The number of amides is 1. The molecule has 1 N–H and O–H groups in total. The van der Waals surface area contributed by atoms with E-state index in [1.165, 1.54) is 18.4 Å². The molecule has 2 aromatic rings. The van der Waals surface area contributed by atoms with Crippen molar-refractivity contribution in [2.75, 3.05) is 19.8 Å². The molecule has 0 bridgehead atoms. The van der Waals surface area contributed by atoms with Crippen molar-refractivity contribution in [1.29, 1.82) is 0 Å². The lowest BCUT2D eigenvalue weighted by Crippen LogP contribution is -2.39. The fraction of sp³-hybridized carbons (Fsp3) is 0.381. The van der Waals surface area contributed by atoms with E-state index in [1.54, 1.807) is 12.1 Å². The van der Waals surface area contributed by atoms with Crippen molar-refractivity contribution < 1.29 is 14.3 Å². The van der Waals surface area contributed by atoms with Gasteiger partial charge in [0.2, 0.25) is 0 Å². The zero-order valence-corrected chi connectivity index (χ0v) is 14.3. The van der Waals surface area contributed by atoms with Gasteiger partial charge in [-0.25, -0.2) is 0 Å². The van der Waals surface area contributed by atoms with Gasteiger partial charge in [0.15, 0.2) is 11.5 Å². The van der Waals surface area contributed by atoms with E-state index in [0.29, 0.717) is 36.8 Å². The fourth-order valence-electron chi connectivity index (χ4n) is 3.95. The molecule has 25 heavy (non-hydrogen) atoms. The molecular formula is C21H23NO3. The maximum absolute atomic E-state index is 12.7. The van der Waals surface area contributed by atoms with Gasteiger partial charge < -0.3 is 14.8 Å². The number of fused-ring (bicyclic) bond motifs is 1. The topological polar surface area (TPSA) is 47.6 Å². The molecule has 2 aromatic carbocycles. The van der Waals surface area contributed by atoms with Gasteiger partial charge in [-0.05, 0) is 36.6 Å². The average molecular weight is 337 g/mol. The Labute approximate surface area is 148 Å². The summed E-state index contributed by atoms with van der Waals surface area (Å²) >= 11 is 0. The summed E-state index contributed by atoms with van der Waals surface area (Å²) in [7, 11) is 0. The second-order valence-electron chi connectivity index (χ2n) is 6.89. The molecule has 4 nitrogen and oxygen atoms in total. The highest BCUT2D eigenvalue weighted by Crippen LogP contribution is 2.40. The maximum Gasteiger partial charge on any atom is 0.251 e. The van der Waals surface area contributed by atoms with Gasteiger partial charge in [0, 0.05) is 17.5 Å². The Morgan fingerprint density at radius 2 is 1.68 bits per heavy atom. The van der Waals surface area contributed by atoms with Crippen LogP contribution in [0.4, 0.5) is 0 Å². The minimum Gasteiger partial charge on any atom is -0.486 e. The van der Waals surface area contributed by atoms with Crippen LogP contribution in [-0.4, -0.2) is 25.7 Å². The summed E-state index contributed by atoms with van der Waals surface area (Å²) in [4.78, 5) is 12.7. The van der Waals surface area contributed by atoms with Crippen LogP contribution in [0.25, 0.3) is 0 Å². The lowest BCUT2D eigenvalue weighted by molar-refractivity contribution is 0.0942. The molecule has 0 aromatic heterocycles. The van der Waals surface area contributed by atoms with Gasteiger partial charge >= 0.3 is 0 Å². The highest BCUT2D eigenvalue weighted by molar-refractivity contribution is 5.95. The van der Waals surface area contributed by atoms with Crippen molar-refractivity contribution in [1.82, 2.24) is 5.32 Å². The van der Waals surface area contributed by atoms with Crippen LogP contribution >= 0.6 is 0 Å². The molecule has 1 aliphatic heterocycles. The Bertz CT molecular complexity index is 751. The number of benzene rings is 2. The van der Waals surface area contributed by atoms with E-state index in [9.17, 15) is 4.79 Å². The van der Waals surface area contributed by atoms with Gasteiger partial charge in [-0.1, -0.05) is 43.2 Å². The SMILES string of the molecule is O=C(NCC1(c2ccccc2)CCCC1)c1ccc2c(c1)OCCO2. The largest absolute Gasteiger partial charge is 0.486 e. The number of carbonyl (C=O) groups is 1. The van der Waals surface area contributed by atoms with Crippen LogP contribution in [0.3, 0.4) is 0 Å². The Hall–Kier alpha value is -2.49. The van der Waals surface area contributed by atoms with E-state index in [1.807, 2.05) is 12.1 Å². The Morgan fingerprint density at radius 1 is 0.960 bits per heavy atom. The van der Waals surface area contributed by atoms with E-state index in [2.05, 4.69) is 29.6 Å². The standard InChI is InChI=1S/C21H23NO3/c23-20(16-8-9-18-19(14-16)25-13-12-24-18)22-15-21(10-4-5-11-21)17-6-2-1-3-7-17/h1-3,6-9,14H,4-5,10-13,15H2,(H,22,23). The highest BCUT2D eigenvalue weighted by atomic mass is 16.6. The predicted octanol–water partition coefficient (Wildman–Crippen LogP) is 3.70. The van der Waals surface area contributed by atoms with E-state index in [0.717, 1.165) is 12.8 Å². The number of carbonyl (C=O) groups excluding carboxylic acids is 1. The van der Waals surface area contributed by atoms with Crippen molar-refractivity contribution in [2.45, 2.75) is 31.1 Å². The predicted molar refractivity (Wildman–Crippen MR) is 96.4 cm³/mol. The maximum atomic E-state index is 12.7. The first-order valence-electron chi connectivity index (χ1n) is 9.00. The van der Waals surface area contributed by atoms with Gasteiger partial charge in [-0.15, -0.1) is 0 Å². The molecule has 0 unspecified atom stereocenters. The smallest absolute Gasteiger partial charge is 0.251 e. The summed E-state index contributed by atoms with van der Waals surface area (Å²) in [6.07, 6.45) is 4.68. The second kappa shape index (κ2) is 6.79. The number of ether oxygens (including phenoxy) is 2.